The molecule has 7 nitrogen and oxygen atoms in total. The van der Waals surface area contributed by atoms with Gasteiger partial charge in [-0.05, 0) is 42.8 Å². The number of hydrogen-bond acceptors (Lipinski definition) is 4. The number of benzene rings is 1. The number of aromatic nitrogens is 1. The van der Waals surface area contributed by atoms with Gasteiger partial charge in [0.05, 0.1) is 5.52 Å². The molecule has 1 aromatic carbocycles. The number of carbonyl (C=O) groups is 1. The van der Waals surface area contributed by atoms with Gasteiger partial charge in [0.25, 0.3) is 0 Å². The van der Waals surface area contributed by atoms with E-state index in [9.17, 15) is 13.2 Å². The zero-order chi connectivity index (χ0) is 20.0. The number of hydrogen-bond donors (Lipinski definition) is 0. The van der Waals surface area contributed by atoms with Gasteiger partial charge in [-0.3, -0.25) is 0 Å². The summed E-state index contributed by atoms with van der Waals surface area (Å²) in [4.78, 5) is 14.0. The highest BCUT2D eigenvalue weighted by molar-refractivity contribution is 9.10. The molecule has 27 heavy (non-hydrogen) atoms. The molecule has 0 bridgehead atoms. The van der Waals surface area contributed by atoms with Crippen LogP contribution in [0.3, 0.4) is 0 Å². The van der Waals surface area contributed by atoms with E-state index in [4.69, 9.17) is 4.74 Å². The molecule has 0 saturated carbocycles. The van der Waals surface area contributed by atoms with E-state index in [2.05, 4.69) is 15.9 Å². The lowest BCUT2D eigenvalue weighted by atomic mass is 10.2. The average molecular weight is 458 g/mol. The zero-order valence-corrected chi connectivity index (χ0v) is 18.3. The quantitative estimate of drug-likeness (QED) is 0.693. The molecule has 1 aliphatic rings. The minimum atomic E-state index is -3.66. The molecule has 0 spiro atoms. The summed E-state index contributed by atoms with van der Waals surface area (Å²) in [7, 11) is -1.83. The molecule has 1 fully saturated rings. The molecule has 1 aromatic heterocycles. The predicted octanol–water partition coefficient (Wildman–Crippen LogP) is 3.18. The Labute approximate surface area is 168 Å². The van der Waals surface area contributed by atoms with Crippen molar-refractivity contribution in [3.05, 3.63) is 28.9 Å². The van der Waals surface area contributed by atoms with Crippen LogP contribution in [-0.4, -0.2) is 60.1 Å². The predicted molar refractivity (Wildman–Crippen MR) is 107 cm³/mol. The van der Waals surface area contributed by atoms with E-state index in [1.54, 1.807) is 11.1 Å². The molecule has 0 aliphatic carbocycles. The van der Waals surface area contributed by atoms with E-state index in [0.29, 0.717) is 18.5 Å². The van der Waals surface area contributed by atoms with Crippen molar-refractivity contribution in [2.45, 2.75) is 31.3 Å². The van der Waals surface area contributed by atoms with Crippen molar-refractivity contribution < 1.29 is 17.9 Å². The largest absolute Gasteiger partial charge is 0.444 e. The lowest BCUT2D eigenvalue weighted by Crippen LogP contribution is -2.51. The van der Waals surface area contributed by atoms with Gasteiger partial charge in [-0.2, -0.15) is 4.31 Å². The Kier molecular flexibility index (Phi) is 5.31. The Bertz CT molecular complexity index is 970. The van der Waals surface area contributed by atoms with Gasteiger partial charge in [0.2, 0.25) is 10.0 Å². The first-order valence-electron chi connectivity index (χ1n) is 8.72. The topological polar surface area (TPSA) is 71.9 Å². The number of ether oxygens (including phenoxy) is 1. The number of halogens is 1. The third kappa shape index (κ3) is 4.00. The maximum absolute atomic E-state index is 13.2. The molecule has 1 saturated heterocycles. The molecule has 0 unspecified atom stereocenters. The van der Waals surface area contributed by atoms with Gasteiger partial charge in [0.15, 0.2) is 0 Å². The van der Waals surface area contributed by atoms with Crippen molar-refractivity contribution in [1.82, 2.24) is 13.8 Å². The van der Waals surface area contributed by atoms with Crippen molar-refractivity contribution in [3.8, 4) is 0 Å². The van der Waals surface area contributed by atoms with Crippen LogP contribution in [0.25, 0.3) is 10.9 Å². The first-order valence-corrected chi connectivity index (χ1v) is 11.0. The molecule has 148 valence electrons. The molecule has 2 heterocycles. The highest BCUT2D eigenvalue weighted by Gasteiger charge is 2.33. The van der Waals surface area contributed by atoms with Gasteiger partial charge < -0.3 is 14.2 Å². The summed E-state index contributed by atoms with van der Waals surface area (Å²) in [6.07, 6.45) is 1.24. The maximum atomic E-state index is 13.2. The van der Waals surface area contributed by atoms with Gasteiger partial charge in [0, 0.05) is 49.3 Å². The van der Waals surface area contributed by atoms with Crippen molar-refractivity contribution in [2.75, 3.05) is 26.2 Å². The first-order chi connectivity index (χ1) is 12.5. The lowest BCUT2D eigenvalue weighted by molar-refractivity contribution is 0.0192. The number of piperazine rings is 1. The summed E-state index contributed by atoms with van der Waals surface area (Å²) in [5.74, 6) is 0. The molecular formula is C18H24BrN3O4S. The monoisotopic (exact) mass is 457 g/mol. The van der Waals surface area contributed by atoms with E-state index in [-0.39, 0.29) is 18.0 Å². The number of fused-ring (bicyclic) bond motifs is 1. The highest BCUT2D eigenvalue weighted by atomic mass is 79.9. The lowest BCUT2D eigenvalue weighted by Gasteiger charge is -2.34. The summed E-state index contributed by atoms with van der Waals surface area (Å²) in [5.41, 5.74) is 0.264. The minimum Gasteiger partial charge on any atom is -0.444 e. The van der Waals surface area contributed by atoms with Crippen LogP contribution in [0.4, 0.5) is 4.79 Å². The fourth-order valence-corrected chi connectivity index (χ4v) is 5.47. The number of amides is 1. The van der Waals surface area contributed by atoms with Crippen molar-refractivity contribution in [2.24, 2.45) is 7.05 Å². The van der Waals surface area contributed by atoms with Crippen LogP contribution in [-0.2, 0) is 21.8 Å². The van der Waals surface area contributed by atoms with Crippen LogP contribution in [0, 0.1) is 0 Å². The molecule has 0 atom stereocenters. The van der Waals surface area contributed by atoms with Gasteiger partial charge in [0.1, 0.15) is 10.5 Å². The molecule has 3 rings (SSSR count). The zero-order valence-electron chi connectivity index (χ0n) is 15.9. The van der Waals surface area contributed by atoms with Gasteiger partial charge in [-0.25, -0.2) is 13.2 Å². The first kappa shape index (κ1) is 20.2. The van der Waals surface area contributed by atoms with Crippen molar-refractivity contribution in [3.63, 3.8) is 0 Å². The molecule has 1 amide bonds. The summed E-state index contributed by atoms with van der Waals surface area (Å²) in [6.45, 7) is 6.53. The normalized spacial score (nSPS) is 16.7. The van der Waals surface area contributed by atoms with Gasteiger partial charge >= 0.3 is 6.09 Å². The number of rotatable bonds is 2. The van der Waals surface area contributed by atoms with E-state index in [0.717, 1.165) is 9.99 Å². The summed E-state index contributed by atoms with van der Waals surface area (Å²) in [5, 5.41) is 0.682. The third-order valence-corrected chi connectivity index (χ3v) is 6.99. The van der Waals surface area contributed by atoms with Crippen molar-refractivity contribution >= 4 is 42.9 Å². The highest BCUT2D eigenvalue weighted by Crippen LogP contribution is 2.32. The second kappa shape index (κ2) is 7.10. The Morgan fingerprint density at radius 3 is 2.37 bits per heavy atom. The van der Waals surface area contributed by atoms with Gasteiger partial charge in [-0.15, -0.1) is 0 Å². The second-order valence-electron chi connectivity index (χ2n) is 7.61. The van der Waals surface area contributed by atoms with E-state index < -0.39 is 21.7 Å². The smallest absolute Gasteiger partial charge is 0.410 e. The minimum absolute atomic E-state index is 0.242. The molecule has 0 N–H and O–H groups in total. The summed E-state index contributed by atoms with van der Waals surface area (Å²) >= 11 is 3.48. The Morgan fingerprint density at radius 2 is 1.78 bits per heavy atom. The van der Waals surface area contributed by atoms with Gasteiger partial charge in [-0.1, -0.05) is 12.1 Å². The second-order valence-corrected chi connectivity index (χ2v) is 10.4. The fourth-order valence-electron chi connectivity index (χ4n) is 3.16. The standard InChI is InChI=1S/C18H24BrN3O4S/c1-18(2,3)26-17(23)21-8-10-22(11-9-21)27(24,25)15-12-20(4)16-13(15)6-5-7-14(16)19/h5-7,12H,8-11H2,1-4H3. The molecule has 2 aromatic rings. The third-order valence-electron chi connectivity index (χ3n) is 4.42. The number of para-hydroxylation sites is 1. The van der Waals surface area contributed by atoms with E-state index in [1.165, 1.54) is 4.31 Å². The Hall–Kier alpha value is -1.58. The molecule has 0 radical (unpaired) electrons. The van der Waals surface area contributed by atoms with E-state index in [1.807, 2.05) is 50.6 Å². The van der Waals surface area contributed by atoms with Crippen LogP contribution in [0.5, 0.6) is 0 Å². The number of carbonyl (C=O) groups excluding carboxylic acids is 1. The van der Waals surface area contributed by atoms with Crippen LogP contribution < -0.4 is 0 Å². The molecular weight excluding hydrogens is 434 g/mol. The summed E-state index contributed by atoms with van der Waals surface area (Å²) < 4.78 is 35.8. The molecule has 9 heteroatoms. The number of nitrogens with zero attached hydrogens (tertiary/aromatic N) is 3. The van der Waals surface area contributed by atoms with Crippen LogP contribution in [0.2, 0.25) is 0 Å². The molecule has 1 aliphatic heterocycles. The SMILES string of the molecule is Cn1cc(S(=O)(=O)N2CCN(C(=O)OC(C)(C)C)CC2)c2cccc(Br)c21. The maximum Gasteiger partial charge on any atom is 0.410 e. The summed E-state index contributed by atoms with van der Waals surface area (Å²) in [6, 6.07) is 5.52. The number of sulfonamides is 1. The van der Waals surface area contributed by atoms with Crippen LogP contribution in [0.1, 0.15) is 20.8 Å². The van der Waals surface area contributed by atoms with Crippen LogP contribution in [0.15, 0.2) is 33.8 Å². The van der Waals surface area contributed by atoms with Crippen molar-refractivity contribution in [1.29, 1.82) is 0 Å². The number of aryl methyl sites for hydroxylation is 1. The Balaban J connectivity index is 1.81. The van der Waals surface area contributed by atoms with Crippen LogP contribution >= 0.6 is 15.9 Å². The van der Waals surface area contributed by atoms with E-state index >= 15 is 0 Å². The average Bonchev–Trinajstić information content (AvgIpc) is 2.92. The fraction of sp³-hybridized carbons (Fsp3) is 0.500. The Morgan fingerprint density at radius 1 is 1.15 bits per heavy atom.